The maximum Gasteiger partial charge on any atom is 0.328 e. The lowest BCUT2D eigenvalue weighted by Gasteiger charge is -2.36. The standard InChI is InChI=1S/C66H118N14O20/c1-17-19-20-21-22-23-39(28-44(84)73-45(31(5)6)59(92)78-50(66(99)100)53(86)33(9)10)70-60(93)46(37(14)81)74-57(90)41(26-30(3)4)72-58(91)42-27-34(11)29-80(42)65(98)47(38(15)82)75-62(95)49(54(87)55(69)88)77-63(96)51(35(12)18-2)79(16)64(97)40(24-25-43(68)83)71-61(94)48(52(85)32(7)8)76-56(89)36(13)67/h30-42,45-54,81-82,85-87H,17-29,67H2,1-16H3,(H2,68,83)(H2,69,88)(H,70,93)(H,71,94)(H,72,91)(H,73,84)(H,74,90)(H,75,95)(H,76,89)(H,77,96)(H,78,92)(H,99,100). The second-order valence-electron chi connectivity index (χ2n) is 28.1. The third kappa shape index (κ3) is 28.8. The molecule has 100 heavy (non-hydrogen) atoms. The number of carboxylic acid groups (broad SMARTS) is 1. The Kier molecular flexibility index (Phi) is 39.0. The molecule has 572 valence electrons. The summed E-state index contributed by atoms with van der Waals surface area (Å²) in [6.45, 7) is 23.2. The molecule has 34 nitrogen and oxygen atoms in total. The number of aliphatic carboxylic acids is 1. The van der Waals surface area contributed by atoms with E-state index in [1.54, 1.807) is 69.2 Å². The van der Waals surface area contributed by atoms with Gasteiger partial charge in [-0.1, -0.05) is 122 Å². The molecule has 0 saturated carbocycles. The molecular weight excluding hydrogens is 1310 g/mol. The maximum atomic E-state index is 14.7. The van der Waals surface area contributed by atoms with Crippen LogP contribution in [0.1, 0.15) is 181 Å². The van der Waals surface area contributed by atoms with Crippen LogP contribution in [0.2, 0.25) is 0 Å². The van der Waals surface area contributed by atoms with Crippen LogP contribution in [-0.2, 0) is 67.1 Å². The van der Waals surface area contributed by atoms with Crippen molar-refractivity contribution in [3.05, 3.63) is 0 Å². The van der Waals surface area contributed by atoms with Crippen LogP contribution in [-0.4, -0.2) is 240 Å². The lowest BCUT2D eigenvalue weighted by atomic mass is 9.94. The Labute approximate surface area is 586 Å². The van der Waals surface area contributed by atoms with E-state index in [4.69, 9.17) is 17.2 Å². The van der Waals surface area contributed by atoms with Crippen molar-refractivity contribution in [1.82, 2.24) is 57.7 Å². The molecule has 1 fully saturated rings. The molecule has 13 amide bonds. The van der Waals surface area contributed by atoms with Crippen molar-refractivity contribution in [3.8, 4) is 0 Å². The van der Waals surface area contributed by atoms with Crippen LogP contribution in [0, 0.1) is 35.5 Å². The first kappa shape index (κ1) is 90.4. The van der Waals surface area contributed by atoms with Crippen LogP contribution in [0.15, 0.2) is 0 Å². The number of amides is 13. The van der Waals surface area contributed by atoms with Gasteiger partial charge < -0.3 is 105 Å². The number of hydrogen-bond acceptors (Lipinski definition) is 20. The van der Waals surface area contributed by atoms with Gasteiger partial charge in [0.05, 0.1) is 30.5 Å². The van der Waals surface area contributed by atoms with Crippen LogP contribution in [0.3, 0.4) is 0 Å². The van der Waals surface area contributed by atoms with Gasteiger partial charge in [0, 0.05) is 32.5 Å². The molecule has 0 aliphatic carbocycles. The minimum absolute atomic E-state index is 0.0349. The summed E-state index contributed by atoms with van der Waals surface area (Å²) in [6.07, 6.45) is -6.06. The molecular formula is C66H118N14O20. The normalized spacial score (nSPS) is 19.0. The highest BCUT2D eigenvalue weighted by atomic mass is 16.4. The smallest absolute Gasteiger partial charge is 0.328 e. The summed E-state index contributed by atoms with van der Waals surface area (Å²) in [6, 6.07) is -18.9. The van der Waals surface area contributed by atoms with E-state index < -0.39 is 235 Å². The molecule has 1 aliphatic rings. The topological polar surface area (TPSA) is 553 Å². The van der Waals surface area contributed by atoms with E-state index >= 15 is 0 Å². The second kappa shape index (κ2) is 43.2. The number of aliphatic hydroxyl groups excluding tert-OH is 5. The first-order valence-electron chi connectivity index (χ1n) is 34.6. The SMILES string of the molecule is CCCCCCCC(CC(=O)NC(C(=O)NC(C(=O)O)C(O)C(C)C)C(C)C)NC(=O)C(NC(=O)C(CC(C)C)NC(=O)C1CC(C)CN1C(=O)C(NC(=O)C(NC(=O)C(C(C)CC)N(C)C(=O)C(CCC(N)=O)NC(=O)C(NC(=O)C(C)N)C(O)C(C)C)C(O)C(N)=O)C(C)O)C(C)O. The highest BCUT2D eigenvalue weighted by Gasteiger charge is 2.46. The largest absolute Gasteiger partial charge is 0.480 e. The minimum Gasteiger partial charge on any atom is -0.480 e. The molecule has 1 rings (SSSR count). The zero-order valence-electron chi connectivity index (χ0n) is 61.0. The first-order chi connectivity index (χ1) is 46.4. The zero-order chi connectivity index (χ0) is 77.1. The van der Waals surface area contributed by atoms with E-state index in [0.717, 1.165) is 49.5 Å². The summed E-state index contributed by atoms with van der Waals surface area (Å²) in [5.74, 6) is -18.3. The number of rotatable bonds is 45. The van der Waals surface area contributed by atoms with Crippen molar-refractivity contribution in [1.29, 1.82) is 0 Å². The molecule has 19 unspecified atom stereocenters. The highest BCUT2D eigenvalue weighted by molar-refractivity contribution is 6.01. The van der Waals surface area contributed by atoms with Crippen molar-refractivity contribution < 1.29 is 97.8 Å². The Morgan fingerprint density at radius 2 is 1.04 bits per heavy atom. The number of carboxylic acids is 1. The van der Waals surface area contributed by atoms with Crippen molar-refractivity contribution in [3.63, 3.8) is 0 Å². The van der Waals surface area contributed by atoms with Crippen LogP contribution >= 0.6 is 0 Å². The molecule has 0 aromatic rings. The average molecular weight is 1430 g/mol. The zero-order valence-corrected chi connectivity index (χ0v) is 61.0. The molecule has 34 heteroatoms. The molecule has 19 atom stereocenters. The lowest BCUT2D eigenvalue weighted by Crippen LogP contribution is -2.65. The van der Waals surface area contributed by atoms with Gasteiger partial charge in [0.25, 0.3) is 0 Å². The lowest BCUT2D eigenvalue weighted by molar-refractivity contribution is -0.148. The summed E-state index contributed by atoms with van der Waals surface area (Å²) in [4.78, 5) is 194. The highest BCUT2D eigenvalue weighted by Crippen LogP contribution is 2.26. The number of aliphatic hydroxyl groups is 5. The maximum absolute atomic E-state index is 14.7. The van der Waals surface area contributed by atoms with Crippen molar-refractivity contribution in [2.24, 2.45) is 52.7 Å². The van der Waals surface area contributed by atoms with Gasteiger partial charge in [-0.2, -0.15) is 0 Å². The Balaban J connectivity index is 3.66. The molecule has 1 heterocycles. The van der Waals surface area contributed by atoms with Crippen molar-refractivity contribution in [2.45, 2.75) is 284 Å². The van der Waals surface area contributed by atoms with Gasteiger partial charge in [-0.3, -0.25) is 62.3 Å². The Morgan fingerprint density at radius 1 is 0.540 bits per heavy atom. The van der Waals surface area contributed by atoms with E-state index in [1.807, 2.05) is 6.92 Å². The van der Waals surface area contributed by atoms with Crippen LogP contribution in [0.5, 0.6) is 0 Å². The second-order valence-corrected chi connectivity index (χ2v) is 28.1. The van der Waals surface area contributed by atoms with Gasteiger partial charge in [0.1, 0.15) is 54.4 Å². The predicted octanol–water partition coefficient (Wildman–Crippen LogP) is -3.75. The molecule has 1 saturated heterocycles. The molecule has 0 aromatic heterocycles. The van der Waals surface area contributed by atoms with Gasteiger partial charge in [-0.15, -0.1) is 0 Å². The number of unbranched alkanes of at least 4 members (excludes halogenated alkanes) is 4. The van der Waals surface area contributed by atoms with E-state index in [2.05, 4.69) is 47.9 Å². The first-order valence-corrected chi connectivity index (χ1v) is 34.6. The number of primary amides is 2. The van der Waals surface area contributed by atoms with Gasteiger partial charge in [-0.05, 0) is 82.0 Å². The molecule has 0 spiro atoms. The quantitative estimate of drug-likeness (QED) is 0.0261. The number of nitrogens with two attached hydrogens (primary N) is 3. The average Bonchev–Trinajstić information content (AvgIpc) is 1.54. The fourth-order valence-electron chi connectivity index (χ4n) is 11.3. The van der Waals surface area contributed by atoms with Gasteiger partial charge >= 0.3 is 5.97 Å². The van der Waals surface area contributed by atoms with E-state index in [1.165, 1.54) is 20.8 Å². The van der Waals surface area contributed by atoms with E-state index in [-0.39, 0.29) is 38.1 Å². The van der Waals surface area contributed by atoms with E-state index in [9.17, 15) is 97.8 Å². The Hall–Kier alpha value is -7.66. The summed E-state index contributed by atoms with van der Waals surface area (Å²) in [5, 5.41) is 86.7. The number of nitrogens with one attached hydrogen (secondary N) is 9. The molecule has 0 aromatic carbocycles. The molecule has 0 bridgehead atoms. The number of carbonyl (C=O) groups is 14. The van der Waals surface area contributed by atoms with Gasteiger partial charge in [0.15, 0.2) is 12.1 Å². The summed E-state index contributed by atoms with van der Waals surface area (Å²) in [7, 11) is 1.14. The van der Waals surface area contributed by atoms with Crippen molar-refractivity contribution >= 4 is 82.8 Å². The monoisotopic (exact) mass is 1430 g/mol. The van der Waals surface area contributed by atoms with Crippen LogP contribution in [0.4, 0.5) is 0 Å². The summed E-state index contributed by atoms with van der Waals surface area (Å²) >= 11 is 0. The minimum atomic E-state index is -2.55. The summed E-state index contributed by atoms with van der Waals surface area (Å²) < 4.78 is 0. The van der Waals surface area contributed by atoms with Crippen LogP contribution < -0.4 is 65.1 Å². The molecule has 21 N–H and O–H groups in total. The number of carbonyl (C=O) groups excluding carboxylic acids is 13. The number of likely N-dealkylation sites (tertiary alicyclic amines) is 1. The van der Waals surface area contributed by atoms with Crippen LogP contribution in [0.25, 0.3) is 0 Å². The third-order valence-corrected chi connectivity index (χ3v) is 17.5. The number of hydrogen-bond donors (Lipinski definition) is 18. The van der Waals surface area contributed by atoms with Gasteiger partial charge in [0.2, 0.25) is 76.8 Å². The summed E-state index contributed by atoms with van der Waals surface area (Å²) in [5.41, 5.74) is 16.6. The number of likely N-dealkylation sites (N-methyl/N-ethyl adjacent to an activating group) is 1. The molecule has 1 aliphatic heterocycles. The molecule has 0 radical (unpaired) electrons. The fraction of sp³-hybridized carbons (Fsp3) is 0.788. The van der Waals surface area contributed by atoms with Crippen molar-refractivity contribution in [2.75, 3.05) is 13.6 Å². The third-order valence-electron chi connectivity index (χ3n) is 17.5. The number of nitrogens with zero attached hydrogens (tertiary/aromatic N) is 2. The Bertz CT molecular complexity index is 2770. The predicted molar refractivity (Wildman–Crippen MR) is 365 cm³/mol. The van der Waals surface area contributed by atoms with Gasteiger partial charge in [-0.25, -0.2) is 4.79 Å². The fourth-order valence-corrected chi connectivity index (χ4v) is 11.3. The van der Waals surface area contributed by atoms with E-state index in [0.29, 0.717) is 6.42 Å². The Morgan fingerprint density at radius 3 is 1.53 bits per heavy atom.